The summed E-state index contributed by atoms with van der Waals surface area (Å²) in [6.45, 7) is 0.279. The Labute approximate surface area is 100 Å². The van der Waals surface area contributed by atoms with Crippen molar-refractivity contribution < 1.29 is 19.3 Å². The molecule has 0 amide bonds. The fraction of sp³-hybridized carbons (Fsp3) is 0.538. The number of aliphatic hydroxyl groups excluding tert-OH is 1. The molecule has 1 aliphatic heterocycles. The third-order valence-corrected chi connectivity index (χ3v) is 3.25. The second kappa shape index (κ2) is 4.45. The van der Waals surface area contributed by atoms with Gasteiger partial charge in [-0.05, 0) is 31.4 Å². The largest absolute Gasteiger partial charge is 0.490 e. The van der Waals surface area contributed by atoms with E-state index in [0.717, 1.165) is 36.5 Å². The molecule has 0 radical (unpaired) electrons. The fourth-order valence-corrected chi connectivity index (χ4v) is 2.37. The van der Waals surface area contributed by atoms with Crippen molar-refractivity contribution in [3.63, 3.8) is 0 Å². The van der Waals surface area contributed by atoms with Crippen LogP contribution in [-0.4, -0.2) is 24.1 Å². The Morgan fingerprint density at radius 2 is 2.06 bits per heavy atom. The molecule has 4 heteroatoms. The Morgan fingerprint density at radius 3 is 2.94 bits per heavy atom. The minimum atomic E-state index is -0.220. The number of hydrogen-bond donors (Lipinski definition) is 1. The number of benzene rings is 1. The number of hydrogen-bond acceptors (Lipinski definition) is 4. The molecule has 0 bridgehead atoms. The van der Waals surface area contributed by atoms with E-state index in [2.05, 4.69) is 0 Å². The van der Waals surface area contributed by atoms with Crippen molar-refractivity contribution in [2.45, 2.75) is 37.9 Å². The Bertz CT molecular complexity index is 404. The third kappa shape index (κ3) is 2.31. The van der Waals surface area contributed by atoms with Crippen molar-refractivity contribution in [1.82, 2.24) is 0 Å². The fourth-order valence-electron chi connectivity index (χ4n) is 2.37. The lowest BCUT2D eigenvalue weighted by atomic mass is 9.95. The topological polar surface area (TPSA) is 47.9 Å². The highest BCUT2D eigenvalue weighted by Crippen LogP contribution is 2.36. The Balaban J connectivity index is 1.68. The van der Waals surface area contributed by atoms with E-state index in [0.29, 0.717) is 6.42 Å². The second-order valence-corrected chi connectivity index (χ2v) is 4.58. The molecule has 1 aromatic carbocycles. The maximum Gasteiger partial charge on any atom is 0.231 e. The van der Waals surface area contributed by atoms with Crippen LogP contribution in [0.2, 0.25) is 0 Å². The van der Waals surface area contributed by atoms with Gasteiger partial charge >= 0.3 is 0 Å². The molecule has 1 aromatic rings. The van der Waals surface area contributed by atoms with Gasteiger partial charge < -0.3 is 19.3 Å². The summed E-state index contributed by atoms with van der Waals surface area (Å²) in [6, 6.07) is 5.59. The first-order chi connectivity index (χ1) is 8.31. The van der Waals surface area contributed by atoms with E-state index in [1.807, 2.05) is 18.2 Å². The summed E-state index contributed by atoms with van der Waals surface area (Å²) in [5, 5.41) is 9.59. The predicted molar refractivity (Wildman–Crippen MR) is 61.5 cm³/mol. The smallest absolute Gasteiger partial charge is 0.231 e. The average molecular weight is 236 g/mol. The van der Waals surface area contributed by atoms with Gasteiger partial charge in [0.05, 0.1) is 6.10 Å². The highest BCUT2D eigenvalue weighted by atomic mass is 16.7. The Kier molecular flexibility index (Phi) is 2.81. The minimum absolute atomic E-state index is 0.110. The molecule has 0 aromatic heterocycles. The molecular formula is C13H16O4. The first-order valence-electron chi connectivity index (χ1n) is 6.05. The lowest BCUT2D eigenvalue weighted by Gasteiger charge is -2.26. The van der Waals surface area contributed by atoms with Gasteiger partial charge in [-0.2, -0.15) is 0 Å². The van der Waals surface area contributed by atoms with Gasteiger partial charge in [-0.1, -0.05) is 0 Å². The summed E-state index contributed by atoms with van der Waals surface area (Å²) < 4.78 is 16.4. The van der Waals surface area contributed by atoms with Crippen molar-refractivity contribution in [2.24, 2.45) is 0 Å². The summed E-state index contributed by atoms with van der Waals surface area (Å²) in [5.74, 6) is 2.29. The molecule has 4 nitrogen and oxygen atoms in total. The van der Waals surface area contributed by atoms with Crippen LogP contribution in [0.5, 0.6) is 17.2 Å². The molecule has 1 fully saturated rings. The molecule has 2 aliphatic rings. The van der Waals surface area contributed by atoms with Crippen LogP contribution in [0.1, 0.15) is 25.7 Å². The van der Waals surface area contributed by atoms with E-state index in [-0.39, 0.29) is 19.0 Å². The van der Waals surface area contributed by atoms with Gasteiger partial charge in [-0.15, -0.1) is 0 Å². The lowest BCUT2D eigenvalue weighted by molar-refractivity contribution is 0.0536. The van der Waals surface area contributed by atoms with Crippen LogP contribution in [0.4, 0.5) is 0 Å². The van der Waals surface area contributed by atoms with Crippen molar-refractivity contribution in [1.29, 1.82) is 0 Å². The van der Waals surface area contributed by atoms with E-state index < -0.39 is 0 Å². The lowest BCUT2D eigenvalue weighted by Crippen LogP contribution is -2.28. The van der Waals surface area contributed by atoms with E-state index in [4.69, 9.17) is 14.2 Å². The monoisotopic (exact) mass is 236 g/mol. The molecule has 17 heavy (non-hydrogen) atoms. The van der Waals surface area contributed by atoms with Crippen LogP contribution in [0.3, 0.4) is 0 Å². The number of aliphatic hydroxyl groups is 1. The minimum Gasteiger partial charge on any atom is -0.490 e. The molecule has 0 saturated heterocycles. The van der Waals surface area contributed by atoms with E-state index in [9.17, 15) is 5.11 Å². The highest BCUT2D eigenvalue weighted by molar-refractivity contribution is 5.46. The van der Waals surface area contributed by atoms with Crippen molar-refractivity contribution >= 4 is 0 Å². The van der Waals surface area contributed by atoms with Crippen molar-refractivity contribution in [3.05, 3.63) is 18.2 Å². The standard InChI is InChI=1S/C13H16O4/c14-9-2-1-3-10(6-9)17-11-4-5-12-13(7-11)16-8-15-12/h4-5,7,9-10,14H,1-3,6,8H2. The summed E-state index contributed by atoms with van der Waals surface area (Å²) in [4.78, 5) is 0. The molecule has 2 unspecified atom stereocenters. The zero-order valence-corrected chi connectivity index (χ0v) is 9.59. The molecule has 1 saturated carbocycles. The maximum absolute atomic E-state index is 9.59. The van der Waals surface area contributed by atoms with Crippen molar-refractivity contribution in [2.75, 3.05) is 6.79 Å². The van der Waals surface area contributed by atoms with Gasteiger partial charge in [-0.3, -0.25) is 0 Å². The molecule has 92 valence electrons. The molecule has 1 heterocycles. The summed E-state index contributed by atoms with van der Waals surface area (Å²) in [7, 11) is 0. The number of ether oxygens (including phenoxy) is 3. The van der Waals surface area contributed by atoms with Gasteiger partial charge in [-0.25, -0.2) is 0 Å². The second-order valence-electron chi connectivity index (χ2n) is 4.58. The predicted octanol–water partition coefficient (Wildman–Crippen LogP) is 2.10. The van der Waals surface area contributed by atoms with Crippen LogP contribution in [-0.2, 0) is 0 Å². The molecule has 1 aliphatic carbocycles. The first-order valence-corrected chi connectivity index (χ1v) is 6.05. The molecule has 3 rings (SSSR count). The Hall–Kier alpha value is -1.42. The molecule has 0 spiro atoms. The zero-order valence-electron chi connectivity index (χ0n) is 9.59. The van der Waals surface area contributed by atoms with Gasteiger partial charge in [0, 0.05) is 12.5 Å². The van der Waals surface area contributed by atoms with E-state index >= 15 is 0 Å². The van der Waals surface area contributed by atoms with Crippen LogP contribution >= 0.6 is 0 Å². The SMILES string of the molecule is OC1CCCC(Oc2ccc3c(c2)OCO3)C1. The number of fused-ring (bicyclic) bond motifs is 1. The normalized spacial score (nSPS) is 26.9. The molecular weight excluding hydrogens is 220 g/mol. The van der Waals surface area contributed by atoms with Gasteiger partial charge in [0.2, 0.25) is 6.79 Å². The first kappa shape index (κ1) is 10.7. The summed E-state index contributed by atoms with van der Waals surface area (Å²) in [6.07, 6.45) is 3.53. The van der Waals surface area contributed by atoms with Gasteiger partial charge in [0.15, 0.2) is 11.5 Å². The Morgan fingerprint density at radius 1 is 1.18 bits per heavy atom. The molecule has 2 atom stereocenters. The highest BCUT2D eigenvalue weighted by Gasteiger charge is 2.22. The van der Waals surface area contributed by atoms with Crippen molar-refractivity contribution in [3.8, 4) is 17.2 Å². The van der Waals surface area contributed by atoms with Gasteiger partial charge in [0.1, 0.15) is 11.9 Å². The summed E-state index contributed by atoms with van der Waals surface area (Å²) in [5.41, 5.74) is 0. The maximum atomic E-state index is 9.59. The zero-order chi connectivity index (χ0) is 11.7. The number of rotatable bonds is 2. The van der Waals surface area contributed by atoms with Crippen LogP contribution in [0.25, 0.3) is 0 Å². The van der Waals surface area contributed by atoms with E-state index in [1.54, 1.807) is 0 Å². The average Bonchev–Trinajstić information content (AvgIpc) is 2.76. The quantitative estimate of drug-likeness (QED) is 0.854. The third-order valence-electron chi connectivity index (χ3n) is 3.25. The van der Waals surface area contributed by atoms with Crippen LogP contribution < -0.4 is 14.2 Å². The molecule has 1 N–H and O–H groups in total. The van der Waals surface area contributed by atoms with Crippen LogP contribution in [0.15, 0.2) is 18.2 Å². The summed E-state index contributed by atoms with van der Waals surface area (Å²) >= 11 is 0. The van der Waals surface area contributed by atoms with E-state index in [1.165, 1.54) is 0 Å². The van der Waals surface area contributed by atoms with Gasteiger partial charge in [0.25, 0.3) is 0 Å². The van der Waals surface area contributed by atoms with Crippen LogP contribution in [0, 0.1) is 0 Å².